The lowest BCUT2D eigenvalue weighted by Crippen LogP contribution is -2.59. The maximum atomic E-state index is 12.5. The minimum atomic E-state index is -0.405. The summed E-state index contributed by atoms with van der Waals surface area (Å²) >= 11 is 0. The van der Waals surface area contributed by atoms with Crippen molar-refractivity contribution in [1.29, 1.82) is 0 Å². The summed E-state index contributed by atoms with van der Waals surface area (Å²) in [4.78, 5) is 26.0. The molecule has 0 spiro atoms. The van der Waals surface area contributed by atoms with Gasteiger partial charge < -0.3 is 10.2 Å². The third-order valence-electron chi connectivity index (χ3n) is 4.08. The number of hydrogen-bond acceptors (Lipinski definition) is 2. The Bertz CT molecular complexity index is 555. The van der Waals surface area contributed by atoms with Crippen LogP contribution in [0.5, 0.6) is 0 Å². The summed E-state index contributed by atoms with van der Waals surface area (Å²) in [7, 11) is 0. The zero-order chi connectivity index (χ0) is 15.7. The van der Waals surface area contributed by atoms with Crippen molar-refractivity contribution in [3.63, 3.8) is 0 Å². The molecule has 1 fully saturated rings. The van der Waals surface area contributed by atoms with Gasteiger partial charge in [0.15, 0.2) is 0 Å². The highest BCUT2D eigenvalue weighted by Crippen LogP contribution is 2.20. The number of carbonyl (C=O) groups excluding carboxylic acids is 2. The molecule has 0 radical (unpaired) electrons. The van der Waals surface area contributed by atoms with E-state index in [4.69, 9.17) is 0 Å². The van der Waals surface area contributed by atoms with Crippen molar-refractivity contribution < 1.29 is 9.59 Å². The van der Waals surface area contributed by atoms with Crippen LogP contribution in [0.4, 0.5) is 0 Å². The molecule has 1 heterocycles. The second-order valence-electron chi connectivity index (χ2n) is 6.36. The first kappa shape index (κ1) is 15.5. The first-order valence-corrected chi connectivity index (χ1v) is 7.44. The average molecular weight is 288 g/mol. The van der Waals surface area contributed by atoms with E-state index in [-0.39, 0.29) is 24.3 Å². The fourth-order valence-corrected chi connectivity index (χ4v) is 2.96. The van der Waals surface area contributed by atoms with E-state index in [2.05, 4.69) is 38.2 Å². The monoisotopic (exact) mass is 288 g/mol. The third kappa shape index (κ3) is 3.26. The molecule has 2 amide bonds. The van der Waals surface area contributed by atoms with Crippen LogP contribution in [-0.4, -0.2) is 29.3 Å². The van der Waals surface area contributed by atoms with Gasteiger partial charge in [0.2, 0.25) is 11.8 Å². The smallest absolute Gasteiger partial charge is 0.246 e. The van der Waals surface area contributed by atoms with Crippen LogP contribution in [0.2, 0.25) is 0 Å². The number of rotatable bonds is 3. The highest BCUT2D eigenvalue weighted by atomic mass is 16.2. The molecule has 1 aliphatic heterocycles. The molecule has 1 aliphatic rings. The van der Waals surface area contributed by atoms with Gasteiger partial charge in [-0.1, -0.05) is 31.5 Å². The van der Waals surface area contributed by atoms with Crippen LogP contribution in [0.1, 0.15) is 36.1 Å². The van der Waals surface area contributed by atoms with Gasteiger partial charge in [0, 0.05) is 6.54 Å². The molecular formula is C17H24N2O2. The van der Waals surface area contributed by atoms with Gasteiger partial charge in [0.25, 0.3) is 0 Å². The van der Waals surface area contributed by atoms with Crippen molar-refractivity contribution in [3.8, 4) is 0 Å². The molecule has 1 aromatic rings. The zero-order valence-electron chi connectivity index (χ0n) is 13.5. The SMILES string of the molecule is Cc1cc(C)c(CN2CC(=O)NC(C(C)C)C2=O)c(C)c1. The Morgan fingerprint density at radius 2 is 1.76 bits per heavy atom. The van der Waals surface area contributed by atoms with Gasteiger partial charge in [-0.25, -0.2) is 0 Å². The van der Waals surface area contributed by atoms with E-state index >= 15 is 0 Å². The number of nitrogens with one attached hydrogen (secondary N) is 1. The minimum absolute atomic E-state index is 0.0176. The van der Waals surface area contributed by atoms with Gasteiger partial charge in [-0.2, -0.15) is 0 Å². The van der Waals surface area contributed by atoms with Crippen molar-refractivity contribution >= 4 is 11.8 Å². The normalized spacial score (nSPS) is 19.1. The fraction of sp³-hybridized carbons (Fsp3) is 0.529. The summed E-state index contributed by atoms with van der Waals surface area (Å²) in [6.07, 6.45) is 0. The molecular weight excluding hydrogens is 264 g/mol. The fourth-order valence-electron chi connectivity index (χ4n) is 2.96. The molecule has 1 unspecified atom stereocenters. The van der Waals surface area contributed by atoms with E-state index in [1.54, 1.807) is 4.90 Å². The molecule has 21 heavy (non-hydrogen) atoms. The Kier molecular flexibility index (Phi) is 4.35. The number of aryl methyl sites for hydroxylation is 3. The lowest BCUT2D eigenvalue weighted by Gasteiger charge is -2.35. The molecule has 1 atom stereocenters. The lowest BCUT2D eigenvalue weighted by molar-refractivity contribution is -0.146. The van der Waals surface area contributed by atoms with Crippen LogP contribution in [-0.2, 0) is 16.1 Å². The average Bonchev–Trinajstić information content (AvgIpc) is 2.36. The molecule has 4 heteroatoms. The number of piperazine rings is 1. The highest BCUT2D eigenvalue weighted by molar-refractivity contribution is 5.95. The predicted molar refractivity (Wildman–Crippen MR) is 82.8 cm³/mol. The molecule has 0 aromatic heterocycles. The maximum Gasteiger partial charge on any atom is 0.246 e. The van der Waals surface area contributed by atoms with Gasteiger partial charge in [-0.15, -0.1) is 0 Å². The first-order chi connectivity index (χ1) is 9.79. The quantitative estimate of drug-likeness (QED) is 0.926. The summed E-state index contributed by atoms with van der Waals surface area (Å²) in [5, 5.41) is 2.79. The van der Waals surface area contributed by atoms with Crippen molar-refractivity contribution in [2.45, 2.75) is 47.2 Å². The van der Waals surface area contributed by atoms with Crippen molar-refractivity contribution in [2.24, 2.45) is 5.92 Å². The van der Waals surface area contributed by atoms with Gasteiger partial charge in [0.1, 0.15) is 6.04 Å². The third-order valence-corrected chi connectivity index (χ3v) is 4.08. The standard InChI is InChI=1S/C17H24N2O2/c1-10(2)16-17(21)19(9-15(20)18-16)8-14-12(4)6-11(3)7-13(14)5/h6-7,10,16H,8-9H2,1-5H3,(H,18,20). The summed E-state index contributed by atoms with van der Waals surface area (Å²) in [5.74, 6) is 0.0455. The van der Waals surface area contributed by atoms with Gasteiger partial charge in [-0.05, 0) is 43.4 Å². The molecule has 0 bridgehead atoms. The van der Waals surface area contributed by atoms with E-state index < -0.39 is 6.04 Å². The molecule has 0 aliphatic carbocycles. The summed E-state index contributed by atoms with van der Waals surface area (Å²) < 4.78 is 0. The Morgan fingerprint density at radius 3 is 2.29 bits per heavy atom. The second kappa shape index (κ2) is 5.88. The van der Waals surface area contributed by atoms with Crippen LogP contribution >= 0.6 is 0 Å². The van der Waals surface area contributed by atoms with Crippen molar-refractivity contribution in [3.05, 3.63) is 34.4 Å². The van der Waals surface area contributed by atoms with Crippen molar-refractivity contribution in [1.82, 2.24) is 10.2 Å². The van der Waals surface area contributed by atoms with Gasteiger partial charge >= 0.3 is 0 Å². The lowest BCUT2D eigenvalue weighted by atomic mass is 9.97. The van der Waals surface area contributed by atoms with E-state index in [0.29, 0.717) is 6.54 Å². The van der Waals surface area contributed by atoms with Crippen molar-refractivity contribution in [2.75, 3.05) is 6.54 Å². The predicted octanol–water partition coefficient (Wildman–Crippen LogP) is 2.09. The van der Waals surface area contributed by atoms with E-state index in [9.17, 15) is 9.59 Å². The summed E-state index contributed by atoms with van der Waals surface area (Å²) in [6.45, 7) is 10.7. The molecule has 4 nitrogen and oxygen atoms in total. The maximum absolute atomic E-state index is 12.5. The van der Waals surface area contributed by atoms with Crippen LogP contribution in [0.15, 0.2) is 12.1 Å². The molecule has 114 valence electrons. The van der Waals surface area contributed by atoms with E-state index in [1.807, 2.05) is 13.8 Å². The van der Waals surface area contributed by atoms with Crippen LogP contribution in [0.3, 0.4) is 0 Å². The van der Waals surface area contributed by atoms with E-state index in [0.717, 1.165) is 5.56 Å². The Morgan fingerprint density at radius 1 is 1.19 bits per heavy atom. The number of hydrogen-bond donors (Lipinski definition) is 1. The molecule has 0 saturated carbocycles. The Balaban J connectivity index is 2.26. The second-order valence-corrected chi connectivity index (χ2v) is 6.36. The number of nitrogens with zero attached hydrogens (tertiary/aromatic N) is 1. The molecule has 2 rings (SSSR count). The number of benzene rings is 1. The molecule has 1 saturated heterocycles. The highest BCUT2D eigenvalue weighted by Gasteiger charge is 2.34. The van der Waals surface area contributed by atoms with E-state index in [1.165, 1.54) is 16.7 Å². The Labute approximate surface area is 126 Å². The zero-order valence-corrected chi connectivity index (χ0v) is 13.5. The molecule has 1 N–H and O–H groups in total. The first-order valence-electron chi connectivity index (χ1n) is 7.44. The topological polar surface area (TPSA) is 49.4 Å². The van der Waals surface area contributed by atoms with Gasteiger partial charge in [0.05, 0.1) is 6.54 Å². The Hall–Kier alpha value is -1.84. The van der Waals surface area contributed by atoms with Crippen LogP contribution < -0.4 is 5.32 Å². The number of carbonyl (C=O) groups is 2. The molecule has 1 aromatic carbocycles. The minimum Gasteiger partial charge on any atom is -0.343 e. The van der Waals surface area contributed by atoms with Crippen LogP contribution in [0, 0.1) is 26.7 Å². The summed E-state index contributed by atoms with van der Waals surface area (Å²) in [6, 6.07) is 3.84. The largest absolute Gasteiger partial charge is 0.343 e. The van der Waals surface area contributed by atoms with Gasteiger partial charge in [-0.3, -0.25) is 9.59 Å². The summed E-state index contributed by atoms with van der Waals surface area (Å²) in [5.41, 5.74) is 4.71. The number of amides is 2. The van der Waals surface area contributed by atoms with Crippen LogP contribution in [0.25, 0.3) is 0 Å².